The van der Waals surface area contributed by atoms with Crippen LogP contribution in [0.25, 0.3) is 17.0 Å². The molecule has 0 saturated carbocycles. The molecule has 0 radical (unpaired) electrons. The van der Waals surface area contributed by atoms with Crippen molar-refractivity contribution in [2.75, 3.05) is 14.2 Å². The Kier molecular flexibility index (Phi) is 3.16. The molecule has 0 bridgehead atoms. The van der Waals surface area contributed by atoms with Crippen LogP contribution in [0.4, 0.5) is 0 Å². The maximum atomic E-state index is 8.92. The fourth-order valence-electron chi connectivity index (χ4n) is 2.01. The van der Waals surface area contributed by atoms with E-state index in [0.717, 1.165) is 5.56 Å². The Hall–Kier alpha value is -3.07. The Morgan fingerprint density at radius 2 is 1.81 bits per heavy atom. The van der Waals surface area contributed by atoms with Crippen molar-refractivity contribution in [1.82, 2.24) is 14.6 Å². The summed E-state index contributed by atoms with van der Waals surface area (Å²) in [4.78, 5) is 4.43. The number of rotatable bonds is 3. The summed E-state index contributed by atoms with van der Waals surface area (Å²) in [5, 5.41) is 13.3. The number of pyridine rings is 1. The molecule has 6 heteroatoms. The first-order chi connectivity index (χ1) is 10.2. The van der Waals surface area contributed by atoms with Crippen molar-refractivity contribution >= 4 is 5.65 Å². The molecular weight excluding hydrogens is 268 g/mol. The third-order valence-corrected chi connectivity index (χ3v) is 3.08. The number of methoxy groups -OCH3 is 2. The lowest BCUT2D eigenvalue weighted by molar-refractivity contribution is 0.394. The maximum Gasteiger partial charge on any atom is 0.182 e. The normalized spacial score (nSPS) is 10.3. The second-order valence-corrected chi connectivity index (χ2v) is 4.37. The molecule has 0 unspecified atom stereocenters. The van der Waals surface area contributed by atoms with Crippen molar-refractivity contribution in [1.29, 1.82) is 5.26 Å². The Labute approximate surface area is 121 Å². The summed E-state index contributed by atoms with van der Waals surface area (Å²) >= 11 is 0. The third kappa shape index (κ3) is 2.37. The summed E-state index contributed by atoms with van der Waals surface area (Å²) in [6.07, 6.45) is 1.71. The molecule has 3 rings (SSSR count). The van der Waals surface area contributed by atoms with Gasteiger partial charge in [-0.05, 0) is 18.2 Å². The van der Waals surface area contributed by atoms with Crippen molar-refractivity contribution in [3.8, 4) is 29.0 Å². The molecule has 0 N–H and O–H groups in total. The number of benzene rings is 1. The molecule has 0 aliphatic carbocycles. The summed E-state index contributed by atoms with van der Waals surface area (Å²) in [5.74, 6) is 1.88. The van der Waals surface area contributed by atoms with Gasteiger partial charge in [0.2, 0.25) is 0 Å². The van der Waals surface area contributed by atoms with E-state index >= 15 is 0 Å². The number of ether oxygens (including phenoxy) is 2. The minimum absolute atomic E-state index is 0.544. The van der Waals surface area contributed by atoms with Crippen LogP contribution in [-0.2, 0) is 0 Å². The number of nitrogens with zero attached hydrogens (tertiary/aromatic N) is 4. The van der Waals surface area contributed by atoms with Gasteiger partial charge in [-0.1, -0.05) is 0 Å². The van der Waals surface area contributed by atoms with Crippen LogP contribution < -0.4 is 9.47 Å². The first-order valence-corrected chi connectivity index (χ1v) is 6.23. The number of hydrogen-bond acceptors (Lipinski definition) is 5. The molecule has 21 heavy (non-hydrogen) atoms. The number of aromatic nitrogens is 3. The van der Waals surface area contributed by atoms with Crippen LogP contribution in [0.15, 0.2) is 36.5 Å². The molecule has 6 nitrogen and oxygen atoms in total. The second kappa shape index (κ2) is 5.13. The van der Waals surface area contributed by atoms with E-state index in [1.165, 1.54) is 0 Å². The van der Waals surface area contributed by atoms with Crippen LogP contribution in [0.5, 0.6) is 11.5 Å². The fraction of sp³-hybridized carbons (Fsp3) is 0.133. The van der Waals surface area contributed by atoms with Gasteiger partial charge in [-0.15, -0.1) is 5.10 Å². The minimum Gasteiger partial charge on any atom is -0.497 e. The van der Waals surface area contributed by atoms with Crippen molar-refractivity contribution in [2.24, 2.45) is 0 Å². The van der Waals surface area contributed by atoms with Gasteiger partial charge in [0, 0.05) is 23.9 Å². The van der Waals surface area contributed by atoms with Crippen molar-refractivity contribution < 1.29 is 9.47 Å². The van der Waals surface area contributed by atoms with Crippen LogP contribution in [0.2, 0.25) is 0 Å². The number of fused-ring (bicyclic) bond motifs is 1. The van der Waals surface area contributed by atoms with Gasteiger partial charge in [0.05, 0.1) is 25.9 Å². The van der Waals surface area contributed by atoms with E-state index in [2.05, 4.69) is 16.2 Å². The largest absolute Gasteiger partial charge is 0.497 e. The first-order valence-electron chi connectivity index (χ1n) is 6.23. The summed E-state index contributed by atoms with van der Waals surface area (Å²) in [7, 11) is 3.18. The van der Waals surface area contributed by atoms with Gasteiger partial charge in [-0.2, -0.15) is 5.26 Å². The molecular formula is C15H12N4O2. The van der Waals surface area contributed by atoms with E-state index in [9.17, 15) is 0 Å². The van der Waals surface area contributed by atoms with E-state index in [1.54, 1.807) is 43.1 Å². The topological polar surface area (TPSA) is 72.4 Å². The standard InChI is InChI=1S/C15H12N4O2/c1-20-12-6-11(7-13(8-12)21-2)15-17-14-5-10(9-16)3-4-19(14)18-15/h3-8H,1-2H3. The van der Waals surface area contributed by atoms with Gasteiger partial charge < -0.3 is 9.47 Å². The fourth-order valence-corrected chi connectivity index (χ4v) is 2.01. The number of nitriles is 1. The molecule has 0 aliphatic heterocycles. The predicted molar refractivity (Wildman–Crippen MR) is 76.2 cm³/mol. The van der Waals surface area contributed by atoms with Gasteiger partial charge in [-0.25, -0.2) is 9.50 Å². The van der Waals surface area contributed by atoms with Crippen LogP contribution in [0.1, 0.15) is 5.56 Å². The SMILES string of the molecule is COc1cc(OC)cc(-c2nc3cc(C#N)ccn3n2)c1. The lowest BCUT2D eigenvalue weighted by Gasteiger charge is -2.05. The van der Waals surface area contributed by atoms with Crippen molar-refractivity contribution in [3.63, 3.8) is 0 Å². The molecule has 0 atom stereocenters. The number of hydrogen-bond donors (Lipinski definition) is 0. The Bertz CT molecular complexity index is 826. The van der Waals surface area contributed by atoms with Crippen molar-refractivity contribution in [2.45, 2.75) is 0 Å². The molecule has 1 aromatic carbocycles. The highest BCUT2D eigenvalue weighted by Crippen LogP contribution is 2.28. The molecule has 104 valence electrons. The van der Waals surface area contributed by atoms with E-state index < -0.39 is 0 Å². The van der Waals surface area contributed by atoms with Crippen LogP contribution in [0, 0.1) is 11.3 Å². The second-order valence-electron chi connectivity index (χ2n) is 4.37. The monoisotopic (exact) mass is 280 g/mol. The first kappa shape index (κ1) is 12.9. The lowest BCUT2D eigenvalue weighted by Crippen LogP contribution is -1.90. The summed E-state index contributed by atoms with van der Waals surface area (Å²) in [5.41, 5.74) is 1.95. The van der Waals surface area contributed by atoms with E-state index in [1.807, 2.05) is 12.1 Å². The molecule has 0 amide bonds. The molecule has 0 saturated heterocycles. The van der Waals surface area contributed by atoms with Crippen LogP contribution in [0.3, 0.4) is 0 Å². The predicted octanol–water partition coefficient (Wildman–Crippen LogP) is 2.29. The van der Waals surface area contributed by atoms with Crippen LogP contribution in [-0.4, -0.2) is 28.8 Å². The highest BCUT2D eigenvalue weighted by molar-refractivity contribution is 5.63. The smallest absolute Gasteiger partial charge is 0.182 e. The van der Waals surface area contributed by atoms with Crippen LogP contribution >= 0.6 is 0 Å². The van der Waals surface area contributed by atoms with E-state index in [0.29, 0.717) is 28.5 Å². The maximum absolute atomic E-state index is 8.92. The average molecular weight is 280 g/mol. The molecule has 2 heterocycles. The highest BCUT2D eigenvalue weighted by atomic mass is 16.5. The highest BCUT2D eigenvalue weighted by Gasteiger charge is 2.10. The summed E-state index contributed by atoms with van der Waals surface area (Å²) in [6, 6.07) is 10.9. The van der Waals surface area contributed by atoms with E-state index in [-0.39, 0.29) is 0 Å². The zero-order valence-electron chi connectivity index (χ0n) is 11.6. The summed E-state index contributed by atoms with van der Waals surface area (Å²) < 4.78 is 12.1. The van der Waals surface area contributed by atoms with Gasteiger partial charge in [-0.3, -0.25) is 0 Å². The molecule has 2 aromatic heterocycles. The van der Waals surface area contributed by atoms with Gasteiger partial charge in [0.15, 0.2) is 11.5 Å². The van der Waals surface area contributed by atoms with E-state index in [4.69, 9.17) is 14.7 Å². The molecule has 0 fully saturated rings. The Morgan fingerprint density at radius 1 is 1.10 bits per heavy atom. The molecule has 0 aliphatic rings. The van der Waals surface area contributed by atoms with Gasteiger partial charge >= 0.3 is 0 Å². The Morgan fingerprint density at radius 3 is 2.43 bits per heavy atom. The molecule has 3 aromatic rings. The minimum atomic E-state index is 0.544. The zero-order chi connectivity index (χ0) is 14.8. The zero-order valence-corrected chi connectivity index (χ0v) is 11.6. The van der Waals surface area contributed by atoms with Crippen molar-refractivity contribution in [3.05, 3.63) is 42.1 Å². The Balaban J connectivity index is 2.13. The quantitative estimate of drug-likeness (QED) is 0.736. The lowest BCUT2D eigenvalue weighted by atomic mass is 10.2. The average Bonchev–Trinajstić information content (AvgIpc) is 2.97. The summed E-state index contributed by atoms with van der Waals surface area (Å²) in [6.45, 7) is 0. The van der Waals surface area contributed by atoms with Gasteiger partial charge in [0.1, 0.15) is 11.5 Å². The van der Waals surface area contributed by atoms with Gasteiger partial charge in [0.25, 0.3) is 0 Å². The third-order valence-electron chi connectivity index (χ3n) is 3.08. The molecule has 0 spiro atoms.